The summed E-state index contributed by atoms with van der Waals surface area (Å²) in [6, 6.07) is 7.73. The molecule has 3 rings (SSSR count). The van der Waals surface area contributed by atoms with Crippen molar-refractivity contribution in [1.29, 1.82) is 0 Å². The molecule has 1 fully saturated rings. The summed E-state index contributed by atoms with van der Waals surface area (Å²) in [5.74, 6) is 0.0263. The fourth-order valence-corrected chi connectivity index (χ4v) is 2.86. The highest BCUT2D eigenvalue weighted by molar-refractivity contribution is 8.00. The van der Waals surface area contributed by atoms with Crippen molar-refractivity contribution in [2.24, 2.45) is 0 Å². The number of hydrogen-bond acceptors (Lipinski definition) is 2. The van der Waals surface area contributed by atoms with E-state index in [2.05, 4.69) is 16.6 Å². The number of nitrogens with one attached hydrogen (secondary N) is 2. The molecule has 2 N–H and O–H groups in total. The predicted molar refractivity (Wildman–Crippen MR) is 76.1 cm³/mol. The number of aromatic nitrogens is 1. The molecule has 0 bridgehead atoms. The van der Waals surface area contributed by atoms with E-state index in [0.29, 0.717) is 4.75 Å². The number of aromatic amines is 1. The molecular formula is C14H16N2OS. The zero-order valence-corrected chi connectivity index (χ0v) is 11.1. The van der Waals surface area contributed by atoms with Crippen molar-refractivity contribution >= 4 is 28.6 Å². The second kappa shape index (κ2) is 4.35. The summed E-state index contributed by atoms with van der Waals surface area (Å²) in [7, 11) is 0. The average molecular weight is 260 g/mol. The predicted octanol–water partition coefficient (Wildman–Crippen LogP) is 2.79. The van der Waals surface area contributed by atoms with Crippen LogP contribution >= 0.6 is 11.8 Å². The quantitative estimate of drug-likeness (QED) is 0.888. The molecule has 0 unspecified atom stereocenters. The van der Waals surface area contributed by atoms with Crippen LogP contribution in [0, 0.1) is 0 Å². The van der Waals surface area contributed by atoms with E-state index in [1.165, 1.54) is 12.8 Å². The van der Waals surface area contributed by atoms with Crippen molar-refractivity contribution in [3.8, 4) is 0 Å². The van der Waals surface area contributed by atoms with Crippen molar-refractivity contribution < 1.29 is 4.79 Å². The third-order valence-electron chi connectivity index (χ3n) is 3.63. The SMILES string of the molecule is CSC1(CNC(=O)c2ccc3[nH]ccc3c2)CC1. The lowest BCUT2D eigenvalue weighted by molar-refractivity contribution is 0.0953. The van der Waals surface area contributed by atoms with Crippen LogP contribution in [0.25, 0.3) is 10.9 Å². The van der Waals surface area contributed by atoms with Gasteiger partial charge in [-0.25, -0.2) is 0 Å². The molecule has 0 radical (unpaired) electrons. The summed E-state index contributed by atoms with van der Waals surface area (Å²) >= 11 is 1.86. The van der Waals surface area contributed by atoms with E-state index in [9.17, 15) is 4.79 Å². The molecule has 1 amide bonds. The molecule has 1 aliphatic rings. The highest BCUT2D eigenvalue weighted by Crippen LogP contribution is 2.46. The molecule has 1 aliphatic carbocycles. The van der Waals surface area contributed by atoms with Crippen LogP contribution in [-0.4, -0.2) is 28.4 Å². The van der Waals surface area contributed by atoms with Crippen molar-refractivity contribution in [3.05, 3.63) is 36.0 Å². The number of hydrogen-bond donors (Lipinski definition) is 2. The number of carbonyl (C=O) groups excluding carboxylic acids is 1. The first-order valence-electron chi connectivity index (χ1n) is 6.13. The monoisotopic (exact) mass is 260 g/mol. The molecule has 94 valence electrons. The number of amides is 1. The van der Waals surface area contributed by atoms with Gasteiger partial charge in [0.2, 0.25) is 0 Å². The Kier molecular flexibility index (Phi) is 2.82. The van der Waals surface area contributed by atoms with Crippen LogP contribution < -0.4 is 5.32 Å². The molecule has 0 aliphatic heterocycles. The minimum atomic E-state index is 0.0263. The van der Waals surface area contributed by atoms with Gasteiger partial charge in [-0.1, -0.05) is 0 Å². The van der Waals surface area contributed by atoms with E-state index in [1.54, 1.807) is 0 Å². The number of rotatable bonds is 4. The number of H-pyrrole nitrogens is 1. The Morgan fingerprint density at radius 1 is 1.44 bits per heavy atom. The second-order valence-corrected chi connectivity index (χ2v) is 6.12. The van der Waals surface area contributed by atoms with Crippen LogP contribution in [0.15, 0.2) is 30.5 Å². The van der Waals surface area contributed by atoms with Gasteiger partial charge in [0, 0.05) is 34.0 Å². The van der Waals surface area contributed by atoms with Crippen LogP contribution in [0.5, 0.6) is 0 Å². The first kappa shape index (κ1) is 11.7. The highest BCUT2D eigenvalue weighted by Gasteiger charge is 2.41. The Labute approximate surface area is 110 Å². The molecule has 0 saturated heterocycles. The van der Waals surface area contributed by atoms with Gasteiger partial charge in [0.15, 0.2) is 0 Å². The summed E-state index contributed by atoms with van der Waals surface area (Å²) in [5.41, 5.74) is 1.80. The Morgan fingerprint density at radius 2 is 2.28 bits per heavy atom. The van der Waals surface area contributed by atoms with Gasteiger partial charge in [-0.05, 0) is 43.4 Å². The minimum Gasteiger partial charge on any atom is -0.361 e. The van der Waals surface area contributed by atoms with Gasteiger partial charge in [0.25, 0.3) is 5.91 Å². The molecule has 4 heteroatoms. The normalized spacial score (nSPS) is 16.7. The van der Waals surface area contributed by atoms with Crippen LogP contribution in [0.2, 0.25) is 0 Å². The van der Waals surface area contributed by atoms with E-state index in [-0.39, 0.29) is 5.91 Å². The highest BCUT2D eigenvalue weighted by atomic mass is 32.2. The number of thioether (sulfide) groups is 1. The largest absolute Gasteiger partial charge is 0.361 e. The van der Waals surface area contributed by atoms with Crippen molar-refractivity contribution in [3.63, 3.8) is 0 Å². The zero-order chi connectivity index (χ0) is 12.6. The zero-order valence-electron chi connectivity index (χ0n) is 10.3. The number of fused-ring (bicyclic) bond motifs is 1. The van der Waals surface area contributed by atoms with Gasteiger partial charge < -0.3 is 10.3 Å². The molecule has 0 atom stereocenters. The van der Waals surface area contributed by atoms with Crippen molar-refractivity contribution in [1.82, 2.24) is 10.3 Å². The summed E-state index contributed by atoms with van der Waals surface area (Å²) in [6.07, 6.45) is 6.43. The molecule has 18 heavy (non-hydrogen) atoms. The van der Waals surface area contributed by atoms with Crippen LogP contribution in [-0.2, 0) is 0 Å². The smallest absolute Gasteiger partial charge is 0.251 e. The molecule has 0 spiro atoms. The minimum absolute atomic E-state index is 0.0263. The van der Waals surface area contributed by atoms with Gasteiger partial charge in [-0.2, -0.15) is 11.8 Å². The molecule has 1 aromatic carbocycles. The Bertz CT molecular complexity index is 586. The van der Waals surface area contributed by atoms with Gasteiger partial charge >= 0.3 is 0 Å². The van der Waals surface area contributed by atoms with Gasteiger partial charge in [0.1, 0.15) is 0 Å². The number of carbonyl (C=O) groups is 1. The van der Waals surface area contributed by atoms with E-state index in [4.69, 9.17) is 0 Å². The van der Waals surface area contributed by atoms with Crippen molar-refractivity contribution in [2.75, 3.05) is 12.8 Å². The average Bonchev–Trinajstić information content (AvgIpc) is 3.04. The van der Waals surface area contributed by atoms with Gasteiger partial charge in [0.05, 0.1) is 0 Å². The van der Waals surface area contributed by atoms with E-state index >= 15 is 0 Å². The third-order valence-corrected chi connectivity index (χ3v) is 5.05. The second-order valence-electron chi connectivity index (χ2n) is 4.85. The Hall–Kier alpha value is -1.42. The fourth-order valence-electron chi connectivity index (χ4n) is 2.13. The molecular weight excluding hydrogens is 244 g/mol. The first-order valence-corrected chi connectivity index (χ1v) is 7.35. The molecule has 1 aromatic heterocycles. The van der Waals surface area contributed by atoms with Crippen molar-refractivity contribution in [2.45, 2.75) is 17.6 Å². The van der Waals surface area contributed by atoms with Crippen LogP contribution in [0.3, 0.4) is 0 Å². The standard InChI is InChI=1S/C14H16N2OS/c1-18-14(5-6-14)9-16-13(17)11-2-3-12-10(8-11)4-7-15-12/h2-4,7-8,15H,5-6,9H2,1H3,(H,16,17). The Morgan fingerprint density at radius 3 is 3.00 bits per heavy atom. The van der Waals surface area contributed by atoms with E-state index in [1.807, 2.05) is 42.2 Å². The van der Waals surface area contributed by atoms with Crippen LogP contribution in [0.4, 0.5) is 0 Å². The van der Waals surface area contributed by atoms with Gasteiger partial charge in [-0.3, -0.25) is 4.79 Å². The molecule has 3 nitrogen and oxygen atoms in total. The summed E-state index contributed by atoms with van der Waals surface area (Å²) in [5, 5.41) is 4.12. The first-order chi connectivity index (χ1) is 8.72. The maximum Gasteiger partial charge on any atom is 0.251 e. The van der Waals surface area contributed by atoms with E-state index < -0.39 is 0 Å². The fraction of sp³-hybridized carbons (Fsp3) is 0.357. The van der Waals surface area contributed by atoms with E-state index in [0.717, 1.165) is 23.0 Å². The summed E-state index contributed by atoms with van der Waals surface area (Å²) < 4.78 is 0.313. The summed E-state index contributed by atoms with van der Waals surface area (Å²) in [6.45, 7) is 0.776. The lowest BCUT2D eigenvalue weighted by Crippen LogP contribution is -2.31. The molecule has 2 aromatic rings. The van der Waals surface area contributed by atoms with Crippen LogP contribution in [0.1, 0.15) is 23.2 Å². The maximum absolute atomic E-state index is 12.1. The molecule has 1 saturated carbocycles. The lowest BCUT2D eigenvalue weighted by atomic mass is 10.1. The molecule has 1 heterocycles. The summed E-state index contributed by atoms with van der Waals surface area (Å²) in [4.78, 5) is 15.2. The topological polar surface area (TPSA) is 44.9 Å². The third kappa shape index (κ3) is 2.12. The lowest BCUT2D eigenvalue weighted by Gasteiger charge is -2.13. The van der Waals surface area contributed by atoms with Gasteiger partial charge in [-0.15, -0.1) is 0 Å². The Balaban J connectivity index is 1.71. The maximum atomic E-state index is 12.1. The number of benzene rings is 1.